The molecule has 1 atom stereocenters. The van der Waals surface area contributed by atoms with Crippen molar-refractivity contribution >= 4 is 17.1 Å². The number of benzene rings is 1. The number of urea groups is 1. The van der Waals surface area contributed by atoms with Crippen LogP contribution in [0.15, 0.2) is 40.8 Å². The van der Waals surface area contributed by atoms with E-state index in [2.05, 4.69) is 20.6 Å². The number of H-pyrrole nitrogens is 1. The number of hydrogen-bond acceptors (Lipinski definition) is 4. The van der Waals surface area contributed by atoms with Crippen LogP contribution in [0.3, 0.4) is 0 Å². The van der Waals surface area contributed by atoms with Crippen molar-refractivity contribution in [2.45, 2.75) is 25.9 Å². The summed E-state index contributed by atoms with van der Waals surface area (Å²) >= 11 is 0. The van der Waals surface area contributed by atoms with Crippen molar-refractivity contribution in [1.29, 1.82) is 0 Å². The van der Waals surface area contributed by atoms with E-state index in [1.54, 1.807) is 26.0 Å². The van der Waals surface area contributed by atoms with Gasteiger partial charge in [0, 0.05) is 13.0 Å². The molecular formula is C18H22N4O3. The van der Waals surface area contributed by atoms with Crippen molar-refractivity contribution in [2.75, 3.05) is 13.1 Å². The van der Waals surface area contributed by atoms with E-state index in [4.69, 9.17) is 4.42 Å². The second-order valence-corrected chi connectivity index (χ2v) is 6.24. The van der Waals surface area contributed by atoms with E-state index in [-0.39, 0.29) is 12.6 Å². The summed E-state index contributed by atoms with van der Waals surface area (Å²) in [5.41, 5.74) is 0.628. The number of aromatic amines is 1. The van der Waals surface area contributed by atoms with Gasteiger partial charge >= 0.3 is 6.03 Å². The highest BCUT2D eigenvalue weighted by atomic mass is 16.4. The third-order valence-electron chi connectivity index (χ3n) is 3.95. The van der Waals surface area contributed by atoms with E-state index in [0.717, 1.165) is 16.9 Å². The molecule has 1 unspecified atom stereocenters. The van der Waals surface area contributed by atoms with Gasteiger partial charge in [-0.25, -0.2) is 9.78 Å². The molecule has 3 aromatic rings. The van der Waals surface area contributed by atoms with Gasteiger partial charge in [0.2, 0.25) is 0 Å². The maximum absolute atomic E-state index is 11.9. The van der Waals surface area contributed by atoms with Crippen LogP contribution in [0.5, 0.6) is 0 Å². The number of aryl methyl sites for hydroxylation is 1. The number of carbonyl (C=O) groups is 1. The van der Waals surface area contributed by atoms with Crippen LogP contribution in [0.4, 0.5) is 4.79 Å². The molecule has 2 amide bonds. The molecule has 0 aliphatic carbocycles. The summed E-state index contributed by atoms with van der Waals surface area (Å²) in [7, 11) is 0. The number of amides is 2. The zero-order valence-corrected chi connectivity index (χ0v) is 14.3. The summed E-state index contributed by atoms with van der Waals surface area (Å²) in [6, 6.07) is 10.9. The van der Waals surface area contributed by atoms with Gasteiger partial charge in [0.15, 0.2) is 0 Å². The maximum atomic E-state index is 11.9. The molecule has 0 saturated carbocycles. The van der Waals surface area contributed by atoms with Gasteiger partial charge in [-0.1, -0.05) is 12.1 Å². The normalized spacial score (nSPS) is 13.6. The van der Waals surface area contributed by atoms with Gasteiger partial charge in [0.1, 0.15) is 22.9 Å². The summed E-state index contributed by atoms with van der Waals surface area (Å²) in [5, 5.41) is 15.8. The number of para-hydroxylation sites is 2. The number of rotatable bonds is 6. The van der Waals surface area contributed by atoms with E-state index in [1.807, 2.05) is 24.3 Å². The molecule has 0 aliphatic heterocycles. The molecule has 25 heavy (non-hydrogen) atoms. The van der Waals surface area contributed by atoms with Crippen LogP contribution < -0.4 is 10.6 Å². The van der Waals surface area contributed by atoms with Crippen molar-refractivity contribution in [2.24, 2.45) is 0 Å². The molecule has 1 aromatic carbocycles. The highest BCUT2D eigenvalue weighted by Crippen LogP contribution is 2.21. The fourth-order valence-corrected chi connectivity index (χ4v) is 2.54. The molecular weight excluding hydrogens is 320 g/mol. The molecule has 0 saturated heterocycles. The molecule has 7 nitrogen and oxygen atoms in total. The fraction of sp³-hybridized carbons (Fsp3) is 0.333. The number of hydrogen-bond donors (Lipinski definition) is 4. The smallest absolute Gasteiger partial charge is 0.314 e. The number of imidazole rings is 1. The molecule has 2 heterocycles. The Kier molecular flexibility index (Phi) is 4.76. The molecule has 132 valence electrons. The fourth-order valence-electron chi connectivity index (χ4n) is 2.54. The number of nitrogens with one attached hydrogen (secondary N) is 3. The Labute approximate surface area is 145 Å². The Balaban J connectivity index is 1.45. The average Bonchev–Trinajstić information content (AvgIpc) is 3.19. The lowest BCUT2D eigenvalue weighted by atomic mass is 10.0. The molecule has 0 spiro atoms. The van der Waals surface area contributed by atoms with Gasteiger partial charge in [0.25, 0.3) is 0 Å². The van der Waals surface area contributed by atoms with Crippen molar-refractivity contribution in [3.63, 3.8) is 0 Å². The first-order valence-corrected chi connectivity index (χ1v) is 8.19. The lowest BCUT2D eigenvalue weighted by Crippen LogP contribution is -2.43. The molecule has 3 rings (SSSR count). The number of furan rings is 1. The Morgan fingerprint density at radius 2 is 2.08 bits per heavy atom. The topological polar surface area (TPSA) is 103 Å². The first-order chi connectivity index (χ1) is 11.9. The van der Waals surface area contributed by atoms with Crippen LogP contribution in [0.2, 0.25) is 0 Å². The van der Waals surface area contributed by atoms with Crippen molar-refractivity contribution < 1.29 is 14.3 Å². The lowest BCUT2D eigenvalue weighted by Gasteiger charge is -2.21. The number of fused-ring (bicyclic) bond motifs is 1. The highest BCUT2D eigenvalue weighted by Gasteiger charge is 2.27. The Morgan fingerprint density at radius 1 is 1.28 bits per heavy atom. The first-order valence-electron chi connectivity index (χ1n) is 8.19. The summed E-state index contributed by atoms with van der Waals surface area (Å²) in [6.45, 7) is 3.89. The van der Waals surface area contributed by atoms with Gasteiger partial charge in [-0.2, -0.15) is 0 Å². The quantitative estimate of drug-likeness (QED) is 0.551. The van der Waals surface area contributed by atoms with Crippen molar-refractivity contribution in [3.05, 3.63) is 53.7 Å². The maximum Gasteiger partial charge on any atom is 0.314 e. The standard InChI is InChI=1S/C18H22N4O3/c1-12-7-8-15(25-12)18(2,24)11-20-17(23)19-10-9-16-21-13-5-3-4-6-14(13)22-16/h3-8,24H,9-11H2,1-2H3,(H,21,22)(H2,19,20,23). The van der Waals surface area contributed by atoms with Crippen LogP contribution in [-0.2, 0) is 12.0 Å². The largest absolute Gasteiger partial charge is 0.463 e. The number of carbonyl (C=O) groups excluding carboxylic acids is 1. The van der Waals surface area contributed by atoms with Crippen LogP contribution in [0, 0.1) is 6.92 Å². The molecule has 4 N–H and O–H groups in total. The van der Waals surface area contributed by atoms with Gasteiger partial charge in [-0.15, -0.1) is 0 Å². The van der Waals surface area contributed by atoms with Gasteiger partial charge in [-0.05, 0) is 38.1 Å². The minimum Gasteiger partial charge on any atom is -0.463 e. The van der Waals surface area contributed by atoms with Crippen molar-refractivity contribution in [1.82, 2.24) is 20.6 Å². The Morgan fingerprint density at radius 3 is 2.80 bits per heavy atom. The third-order valence-corrected chi connectivity index (χ3v) is 3.95. The van der Waals surface area contributed by atoms with Crippen LogP contribution in [0.1, 0.15) is 24.3 Å². The second-order valence-electron chi connectivity index (χ2n) is 6.24. The predicted octanol–water partition coefficient (Wildman–Crippen LogP) is 2.21. The molecule has 2 aromatic heterocycles. The molecule has 0 bridgehead atoms. The molecule has 0 fully saturated rings. The van der Waals surface area contributed by atoms with E-state index >= 15 is 0 Å². The van der Waals surface area contributed by atoms with Gasteiger partial charge in [0.05, 0.1) is 17.6 Å². The van der Waals surface area contributed by atoms with E-state index < -0.39 is 5.60 Å². The Hall–Kier alpha value is -2.80. The summed E-state index contributed by atoms with van der Waals surface area (Å²) in [5.74, 6) is 1.96. The molecule has 0 radical (unpaired) electrons. The predicted molar refractivity (Wildman–Crippen MR) is 94.2 cm³/mol. The summed E-state index contributed by atoms with van der Waals surface area (Å²) in [4.78, 5) is 19.6. The first kappa shape index (κ1) is 17.0. The van der Waals surface area contributed by atoms with Crippen LogP contribution in [0.25, 0.3) is 11.0 Å². The summed E-state index contributed by atoms with van der Waals surface area (Å²) in [6.07, 6.45) is 0.593. The van der Waals surface area contributed by atoms with Crippen LogP contribution in [-0.4, -0.2) is 34.2 Å². The number of aromatic nitrogens is 2. The number of nitrogens with zero attached hydrogens (tertiary/aromatic N) is 1. The van der Waals surface area contributed by atoms with Crippen LogP contribution >= 0.6 is 0 Å². The lowest BCUT2D eigenvalue weighted by molar-refractivity contribution is 0.0360. The van der Waals surface area contributed by atoms with E-state index in [9.17, 15) is 9.90 Å². The SMILES string of the molecule is Cc1ccc(C(C)(O)CNC(=O)NCCc2nc3ccccc3[nH]2)o1. The monoisotopic (exact) mass is 342 g/mol. The minimum absolute atomic E-state index is 0.0520. The molecule has 7 heteroatoms. The average molecular weight is 342 g/mol. The van der Waals surface area contributed by atoms with E-state index in [1.165, 1.54) is 0 Å². The third kappa shape index (κ3) is 4.19. The summed E-state index contributed by atoms with van der Waals surface area (Å²) < 4.78 is 5.41. The van der Waals surface area contributed by atoms with Gasteiger partial charge in [-0.3, -0.25) is 0 Å². The highest BCUT2D eigenvalue weighted by molar-refractivity contribution is 5.75. The molecule has 0 aliphatic rings. The second kappa shape index (κ2) is 6.98. The number of aliphatic hydroxyl groups is 1. The zero-order valence-electron chi connectivity index (χ0n) is 14.3. The van der Waals surface area contributed by atoms with Crippen molar-refractivity contribution in [3.8, 4) is 0 Å². The zero-order chi connectivity index (χ0) is 17.9. The van der Waals surface area contributed by atoms with Gasteiger partial charge < -0.3 is 25.1 Å². The minimum atomic E-state index is -1.26. The Bertz CT molecular complexity index is 833. The van der Waals surface area contributed by atoms with E-state index in [0.29, 0.717) is 24.5 Å².